The predicted octanol–water partition coefficient (Wildman–Crippen LogP) is 5.41. The number of halogens is 3. The molecule has 142 valence electrons. The lowest BCUT2D eigenvalue weighted by Gasteiger charge is -2.47. The maximum atomic E-state index is 10.7. The van der Waals surface area contributed by atoms with E-state index in [0.717, 1.165) is 0 Å². The van der Waals surface area contributed by atoms with Crippen molar-refractivity contribution in [3.05, 3.63) is 0 Å². The van der Waals surface area contributed by atoms with E-state index in [0.29, 0.717) is 10.1 Å². The maximum Gasteiger partial charge on any atom is 0.522 e. The van der Waals surface area contributed by atoms with Crippen LogP contribution >= 0.6 is 0 Å². The Morgan fingerprint density at radius 3 is 1.04 bits per heavy atom. The fraction of sp³-hybridized carbons (Fsp3) is 1.00. The van der Waals surface area contributed by atoms with E-state index >= 15 is 0 Å². The molecular formula is C13H31F3O4SSi2. The summed E-state index contributed by atoms with van der Waals surface area (Å²) in [6.45, 7) is 23.3. The highest BCUT2D eigenvalue weighted by molar-refractivity contribution is 7.86. The molecule has 0 aromatic heterocycles. The van der Waals surface area contributed by atoms with E-state index in [1.165, 1.54) is 0 Å². The van der Waals surface area contributed by atoms with Crippen LogP contribution in [0.25, 0.3) is 0 Å². The van der Waals surface area contributed by atoms with Gasteiger partial charge in [-0.25, -0.2) is 0 Å². The Morgan fingerprint density at radius 2 is 0.957 bits per heavy atom. The van der Waals surface area contributed by atoms with Crippen molar-refractivity contribution < 1.29 is 30.3 Å². The minimum atomic E-state index is -5.84. The predicted molar refractivity (Wildman–Crippen MR) is 93.1 cm³/mol. The van der Waals surface area contributed by atoms with Crippen molar-refractivity contribution in [2.45, 2.75) is 83.3 Å². The summed E-state index contributed by atoms with van der Waals surface area (Å²) in [4.78, 5) is 0. The summed E-state index contributed by atoms with van der Waals surface area (Å²) in [5.74, 6) is 0. The first-order valence-corrected chi connectivity index (χ1v) is 14.5. The van der Waals surface area contributed by atoms with Gasteiger partial charge in [0.15, 0.2) is 16.6 Å². The Labute approximate surface area is 140 Å². The standard InChI is InChI=1S/C12H30OSi2.CHF3O3S/c1-11(2,3)14(7,8)13-15(9,10)12(4,5)6;2-1(3,4)8(5,6)7/h1-10H3;(H,5,6,7). The summed E-state index contributed by atoms with van der Waals surface area (Å²) in [7, 11) is -9.02. The molecule has 0 aromatic rings. The SMILES string of the molecule is CC(C)(C)[Si](C)(C)O[Si](C)(C)C(C)(C)C.O=S(=O)(O)C(F)(F)F. The molecule has 0 heterocycles. The molecule has 0 aliphatic heterocycles. The second-order valence-corrected chi connectivity index (χ2v) is 19.8. The van der Waals surface area contributed by atoms with Crippen molar-refractivity contribution in [1.82, 2.24) is 0 Å². The lowest BCUT2D eigenvalue weighted by Crippen LogP contribution is -2.53. The third kappa shape index (κ3) is 8.15. The van der Waals surface area contributed by atoms with Crippen LogP contribution in [0.2, 0.25) is 36.3 Å². The summed E-state index contributed by atoms with van der Waals surface area (Å²) in [5, 5.41) is 0.644. The van der Waals surface area contributed by atoms with Gasteiger partial charge in [-0.2, -0.15) is 21.6 Å². The van der Waals surface area contributed by atoms with E-state index < -0.39 is 32.3 Å². The van der Waals surface area contributed by atoms with Gasteiger partial charge in [-0.05, 0) is 36.3 Å². The molecule has 23 heavy (non-hydrogen) atoms. The van der Waals surface area contributed by atoms with E-state index in [9.17, 15) is 13.2 Å². The van der Waals surface area contributed by atoms with Crippen molar-refractivity contribution in [2.75, 3.05) is 0 Å². The van der Waals surface area contributed by atoms with Gasteiger partial charge < -0.3 is 4.12 Å². The zero-order chi connectivity index (χ0) is 19.7. The maximum absolute atomic E-state index is 10.7. The number of rotatable bonds is 2. The number of hydrogen-bond donors (Lipinski definition) is 1. The van der Waals surface area contributed by atoms with Gasteiger partial charge >= 0.3 is 15.6 Å². The molecule has 10 heteroatoms. The van der Waals surface area contributed by atoms with Gasteiger partial charge in [0, 0.05) is 0 Å². The second kappa shape index (κ2) is 7.14. The van der Waals surface area contributed by atoms with Crippen molar-refractivity contribution in [1.29, 1.82) is 0 Å². The molecule has 0 fully saturated rings. The van der Waals surface area contributed by atoms with E-state index in [1.807, 2.05) is 0 Å². The monoisotopic (exact) mass is 396 g/mol. The zero-order valence-electron chi connectivity index (χ0n) is 15.7. The molecule has 0 bridgehead atoms. The summed E-state index contributed by atoms with van der Waals surface area (Å²) < 4.78 is 64.2. The van der Waals surface area contributed by atoms with Gasteiger partial charge in [0.2, 0.25) is 0 Å². The topological polar surface area (TPSA) is 63.6 Å². The minimum absolute atomic E-state index is 0.322. The molecule has 0 unspecified atom stereocenters. The van der Waals surface area contributed by atoms with E-state index in [1.54, 1.807) is 0 Å². The van der Waals surface area contributed by atoms with E-state index in [-0.39, 0.29) is 0 Å². The van der Waals surface area contributed by atoms with Crippen LogP contribution in [0.1, 0.15) is 41.5 Å². The summed E-state index contributed by atoms with van der Waals surface area (Å²) in [6.07, 6.45) is 0. The van der Waals surface area contributed by atoms with Crippen LogP contribution in [-0.4, -0.2) is 35.1 Å². The van der Waals surface area contributed by atoms with Crippen molar-refractivity contribution in [3.63, 3.8) is 0 Å². The average Bonchev–Trinajstić information content (AvgIpc) is 2.08. The van der Waals surface area contributed by atoms with Gasteiger partial charge in [-0.1, -0.05) is 41.5 Å². The quantitative estimate of drug-likeness (QED) is 0.385. The first kappa shape index (κ1) is 25.3. The summed E-state index contributed by atoms with van der Waals surface area (Å²) in [6, 6.07) is 0. The Kier molecular flexibility index (Phi) is 7.87. The van der Waals surface area contributed by atoms with Gasteiger partial charge in [-0.3, -0.25) is 4.55 Å². The highest BCUT2D eigenvalue weighted by Gasteiger charge is 2.46. The van der Waals surface area contributed by atoms with Crippen LogP contribution in [0.15, 0.2) is 0 Å². The highest BCUT2D eigenvalue weighted by atomic mass is 32.2. The Hall–Kier alpha value is 0.0938. The second-order valence-electron chi connectivity index (χ2n) is 8.54. The van der Waals surface area contributed by atoms with Crippen LogP contribution in [0.4, 0.5) is 13.2 Å². The largest absolute Gasteiger partial charge is 0.522 e. The smallest absolute Gasteiger partial charge is 0.455 e. The first-order valence-electron chi connectivity index (χ1n) is 7.20. The van der Waals surface area contributed by atoms with E-state index in [4.69, 9.17) is 17.1 Å². The molecule has 0 radical (unpaired) electrons. The normalized spacial score (nSPS) is 15.0. The van der Waals surface area contributed by atoms with Crippen LogP contribution < -0.4 is 0 Å². The molecule has 0 aromatic carbocycles. The van der Waals surface area contributed by atoms with Crippen LogP contribution in [0.3, 0.4) is 0 Å². The molecule has 1 N–H and O–H groups in total. The zero-order valence-corrected chi connectivity index (χ0v) is 18.5. The van der Waals surface area contributed by atoms with Crippen LogP contribution in [-0.2, 0) is 14.2 Å². The summed E-state index contributed by atoms with van der Waals surface area (Å²) >= 11 is 0. The third-order valence-electron chi connectivity index (χ3n) is 4.42. The van der Waals surface area contributed by atoms with Crippen LogP contribution in [0, 0.1) is 0 Å². The molecule has 0 saturated carbocycles. The fourth-order valence-corrected chi connectivity index (χ4v) is 8.50. The molecule has 0 amide bonds. The summed E-state index contributed by atoms with van der Waals surface area (Å²) in [5.41, 5.74) is -5.53. The van der Waals surface area contributed by atoms with Crippen LogP contribution in [0.5, 0.6) is 0 Å². The molecule has 0 atom stereocenters. The lowest BCUT2D eigenvalue weighted by molar-refractivity contribution is -0.0510. The van der Waals surface area contributed by atoms with Crippen molar-refractivity contribution >= 4 is 26.8 Å². The lowest BCUT2D eigenvalue weighted by atomic mass is 10.2. The van der Waals surface area contributed by atoms with E-state index in [2.05, 4.69) is 67.7 Å². The van der Waals surface area contributed by atoms with Gasteiger partial charge in [0.1, 0.15) is 0 Å². The Morgan fingerprint density at radius 1 is 0.783 bits per heavy atom. The molecule has 0 saturated heterocycles. The Balaban J connectivity index is 0. The number of hydrogen-bond acceptors (Lipinski definition) is 3. The van der Waals surface area contributed by atoms with Crippen molar-refractivity contribution in [2.24, 2.45) is 0 Å². The molecule has 4 nitrogen and oxygen atoms in total. The van der Waals surface area contributed by atoms with Gasteiger partial charge in [-0.15, -0.1) is 0 Å². The minimum Gasteiger partial charge on any atom is -0.455 e. The first-order chi connectivity index (χ1) is 9.46. The third-order valence-corrected chi connectivity index (χ3v) is 16.3. The highest BCUT2D eigenvalue weighted by Crippen LogP contribution is 2.44. The molecule has 0 rings (SSSR count). The molecule has 0 aliphatic carbocycles. The van der Waals surface area contributed by atoms with Gasteiger partial charge in [0.25, 0.3) is 0 Å². The fourth-order valence-electron chi connectivity index (χ4n) is 0.944. The molecule has 0 spiro atoms. The van der Waals surface area contributed by atoms with Gasteiger partial charge in [0.05, 0.1) is 0 Å². The van der Waals surface area contributed by atoms with Crippen molar-refractivity contribution in [3.8, 4) is 0 Å². The molecule has 0 aliphatic rings. The molecular weight excluding hydrogens is 365 g/mol. The number of alkyl halides is 3. The average molecular weight is 397 g/mol. The Bertz CT molecular complexity index is 463.